The van der Waals surface area contributed by atoms with Crippen molar-refractivity contribution in [2.24, 2.45) is 11.7 Å². The third-order valence-corrected chi connectivity index (χ3v) is 4.88. The number of non-ortho nitro benzene ring substituents is 1. The molecule has 7 nitrogen and oxygen atoms in total. The van der Waals surface area contributed by atoms with Crippen molar-refractivity contribution in [2.75, 3.05) is 31.1 Å². The molecule has 2 atom stereocenters. The van der Waals surface area contributed by atoms with Crippen molar-refractivity contribution in [3.8, 4) is 0 Å². The normalized spacial score (nSPS) is 22.8. The topological polar surface area (TPSA) is 92.7 Å². The molecule has 1 aliphatic carbocycles. The standard InChI is InChI=1S/C16H22N4O3.2ClH/c17-15-6-2-5-14(15)16(21)19-9-7-18(8-10-19)12-3-1-4-13(11-12)20(22)23;;/h1,3-4,11,14-15H,2,5-10,17H2;2*1H. The second-order valence-corrected chi connectivity index (χ2v) is 6.29. The van der Waals surface area contributed by atoms with Gasteiger partial charge in [-0.25, -0.2) is 0 Å². The van der Waals surface area contributed by atoms with Crippen LogP contribution < -0.4 is 10.6 Å². The predicted molar refractivity (Wildman–Crippen MR) is 102 cm³/mol. The molecule has 9 heteroatoms. The minimum atomic E-state index is -0.384. The molecular weight excluding hydrogens is 367 g/mol. The number of hydrogen-bond acceptors (Lipinski definition) is 5. The van der Waals surface area contributed by atoms with E-state index in [2.05, 4.69) is 4.90 Å². The molecule has 0 radical (unpaired) electrons. The van der Waals surface area contributed by atoms with Gasteiger partial charge in [-0.1, -0.05) is 12.5 Å². The summed E-state index contributed by atoms with van der Waals surface area (Å²) in [5, 5.41) is 10.9. The van der Waals surface area contributed by atoms with Gasteiger partial charge in [-0.05, 0) is 18.9 Å². The minimum absolute atomic E-state index is 0. The van der Waals surface area contributed by atoms with Crippen LogP contribution in [0, 0.1) is 16.0 Å². The Kier molecular flexibility index (Phi) is 7.92. The largest absolute Gasteiger partial charge is 0.368 e. The van der Waals surface area contributed by atoms with E-state index < -0.39 is 0 Å². The van der Waals surface area contributed by atoms with Crippen LogP contribution in [0.15, 0.2) is 24.3 Å². The molecule has 2 aliphatic rings. The van der Waals surface area contributed by atoms with Crippen molar-refractivity contribution in [1.29, 1.82) is 0 Å². The van der Waals surface area contributed by atoms with Gasteiger partial charge in [0.25, 0.3) is 5.69 Å². The minimum Gasteiger partial charge on any atom is -0.368 e. The zero-order valence-corrected chi connectivity index (χ0v) is 15.5. The monoisotopic (exact) mass is 390 g/mol. The first-order valence-corrected chi connectivity index (χ1v) is 8.10. The predicted octanol–water partition coefficient (Wildman–Crippen LogP) is 2.21. The number of nitrogens with two attached hydrogens (primary N) is 1. The average molecular weight is 391 g/mol. The zero-order valence-electron chi connectivity index (χ0n) is 13.9. The van der Waals surface area contributed by atoms with Crippen molar-refractivity contribution >= 4 is 42.1 Å². The smallest absolute Gasteiger partial charge is 0.271 e. The van der Waals surface area contributed by atoms with Crippen LogP contribution in [0.25, 0.3) is 0 Å². The number of nitro groups is 1. The number of piperazine rings is 1. The summed E-state index contributed by atoms with van der Waals surface area (Å²) in [4.78, 5) is 27.0. The first-order valence-electron chi connectivity index (χ1n) is 8.10. The molecule has 1 saturated carbocycles. The summed E-state index contributed by atoms with van der Waals surface area (Å²) >= 11 is 0. The van der Waals surface area contributed by atoms with Crippen LogP contribution in [-0.2, 0) is 4.79 Å². The van der Waals surface area contributed by atoms with Gasteiger partial charge in [0, 0.05) is 50.0 Å². The lowest BCUT2D eigenvalue weighted by Crippen LogP contribution is -2.52. The lowest BCUT2D eigenvalue weighted by atomic mass is 10.0. The Morgan fingerprint density at radius 3 is 2.40 bits per heavy atom. The first-order chi connectivity index (χ1) is 11.1. The van der Waals surface area contributed by atoms with Gasteiger partial charge in [0.15, 0.2) is 0 Å². The summed E-state index contributed by atoms with van der Waals surface area (Å²) in [5.74, 6) is 0.146. The van der Waals surface area contributed by atoms with E-state index in [-0.39, 0.29) is 53.3 Å². The molecule has 0 bridgehead atoms. The van der Waals surface area contributed by atoms with Crippen LogP contribution in [0.5, 0.6) is 0 Å². The number of halogens is 2. The maximum Gasteiger partial charge on any atom is 0.271 e. The van der Waals surface area contributed by atoms with Gasteiger partial charge >= 0.3 is 0 Å². The maximum absolute atomic E-state index is 12.5. The van der Waals surface area contributed by atoms with Crippen LogP contribution in [0.2, 0.25) is 0 Å². The molecule has 1 heterocycles. The Balaban J connectivity index is 0.00000156. The molecular formula is C16H24Cl2N4O3. The fourth-order valence-electron chi connectivity index (χ4n) is 3.52. The number of anilines is 1. The number of carbonyl (C=O) groups excluding carboxylic acids is 1. The van der Waals surface area contributed by atoms with Gasteiger partial charge in [-0.2, -0.15) is 0 Å². The lowest BCUT2D eigenvalue weighted by Gasteiger charge is -2.37. The van der Waals surface area contributed by atoms with Crippen LogP contribution in [-0.4, -0.2) is 48.0 Å². The molecule has 2 unspecified atom stereocenters. The van der Waals surface area contributed by atoms with E-state index in [1.54, 1.807) is 12.1 Å². The SMILES string of the molecule is Cl.Cl.NC1CCCC1C(=O)N1CCN(c2cccc([N+](=O)[O-])c2)CC1. The molecule has 1 saturated heterocycles. The van der Waals surface area contributed by atoms with E-state index in [1.165, 1.54) is 6.07 Å². The van der Waals surface area contributed by atoms with E-state index in [0.717, 1.165) is 24.9 Å². The molecule has 0 spiro atoms. The third kappa shape index (κ3) is 4.74. The van der Waals surface area contributed by atoms with Crippen LogP contribution in [0.1, 0.15) is 19.3 Å². The number of nitro benzene ring substituents is 1. The second kappa shape index (κ2) is 9.22. The number of carbonyl (C=O) groups is 1. The Bertz CT molecular complexity index is 609. The second-order valence-electron chi connectivity index (χ2n) is 6.29. The van der Waals surface area contributed by atoms with Crippen LogP contribution in [0.4, 0.5) is 11.4 Å². The van der Waals surface area contributed by atoms with E-state index >= 15 is 0 Å². The molecule has 2 fully saturated rings. The highest BCUT2D eigenvalue weighted by Crippen LogP contribution is 2.27. The third-order valence-electron chi connectivity index (χ3n) is 4.88. The van der Waals surface area contributed by atoms with Crippen molar-refractivity contribution in [3.63, 3.8) is 0 Å². The fraction of sp³-hybridized carbons (Fsp3) is 0.562. The number of benzene rings is 1. The van der Waals surface area contributed by atoms with E-state index in [0.29, 0.717) is 26.2 Å². The van der Waals surface area contributed by atoms with Crippen molar-refractivity contribution in [2.45, 2.75) is 25.3 Å². The van der Waals surface area contributed by atoms with Gasteiger partial charge in [-0.3, -0.25) is 14.9 Å². The lowest BCUT2D eigenvalue weighted by molar-refractivity contribution is -0.384. The van der Waals surface area contributed by atoms with E-state index in [1.807, 2.05) is 11.0 Å². The van der Waals surface area contributed by atoms with Gasteiger partial charge < -0.3 is 15.5 Å². The average Bonchev–Trinajstić information content (AvgIpc) is 3.00. The number of hydrogen-bond donors (Lipinski definition) is 1. The molecule has 1 aromatic rings. The van der Waals surface area contributed by atoms with Gasteiger partial charge in [0.05, 0.1) is 10.8 Å². The van der Waals surface area contributed by atoms with Crippen molar-refractivity contribution in [3.05, 3.63) is 34.4 Å². The Morgan fingerprint density at radius 2 is 1.84 bits per heavy atom. The highest BCUT2D eigenvalue weighted by Gasteiger charge is 2.34. The number of nitrogens with zero attached hydrogens (tertiary/aromatic N) is 3. The van der Waals surface area contributed by atoms with Gasteiger partial charge in [0.1, 0.15) is 0 Å². The number of amides is 1. The molecule has 140 valence electrons. The fourth-order valence-corrected chi connectivity index (χ4v) is 3.52. The first kappa shape index (κ1) is 21.5. The summed E-state index contributed by atoms with van der Waals surface area (Å²) in [6.45, 7) is 2.67. The summed E-state index contributed by atoms with van der Waals surface area (Å²) in [6.07, 6.45) is 2.86. The summed E-state index contributed by atoms with van der Waals surface area (Å²) < 4.78 is 0. The Labute approximate surface area is 159 Å². The molecule has 0 aromatic heterocycles. The molecule has 1 aromatic carbocycles. The van der Waals surface area contributed by atoms with Gasteiger partial charge in [-0.15, -0.1) is 24.8 Å². The van der Waals surface area contributed by atoms with Crippen LogP contribution in [0.3, 0.4) is 0 Å². The zero-order chi connectivity index (χ0) is 16.4. The molecule has 1 amide bonds. The van der Waals surface area contributed by atoms with E-state index in [4.69, 9.17) is 5.73 Å². The van der Waals surface area contributed by atoms with Crippen molar-refractivity contribution in [1.82, 2.24) is 4.90 Å². The molecule has 3 rings (SSSR count). The maximum atomic E-state index is 12.5. The summed E-state index contributed by atoms with van der Waals surface area (Å²) in [5.41, 5.74) is 6.96. The van der Waals surface area contributed by atoms with E-state index in [9.17, 15) is 14.9 Å². The number of rotatable bonds is 3. The molecule has 25 heavy (non-hydrogen) atoms. The van der Waals surface area contributed by atoms with Crippen molar-refractivity contribution < 1.29 is 9.72 Å². The quantitative estimate of drug-likeness (QED) is 0.630. The molecule has 1 aliphatic heterocycles. The Morgan fingerprint density at radius 1 is 1.16 bits per heavy atom. The van der Waals surface area contributed by atoms with Gasteiger partial charge in [0.2, 0.25) is 5.91 Å². The highest BCUT2D eigenvalue weighted by atomic mass is 35.5. The Hall–Kier alpha value is -1.57. The summed E-state index contributed by atoms with van der Waals surface area (Å²) in [6, 6.07) is 6.65. The molecule has 2 N–H and O–H groups in total. The van der Waals surface area contributed by atoms with Crippen LogP contribution >= 0.6 is 24.8 Å². The highest BCUT2D eigenvalue weighted by molar-refractivity contribution is 5.85. The summed E-state index contributed by atoms with van der Waals surface area (Å²) in [7, 11) is 0.